The van der Waals surface area contributed by atoms with E-state index in [1.54, 1.807) is 0 Å². The van der Waals surface area contributed by atoms with Crippen molar-refractivity contribution in [1.29, 1.82) is 5.26 Å². The molecule has 0 amide bonds. The summed E-state index contributed by atoms with van der Waals surface area (Å²) >= 11 is 0. The maximum atomic E-state index is 9.00. The third kappa shape index (κ3) is 3.93. The van der Waals surface area contributed by atoms with Crippen LogP contribution in [0.4, 0.5) is 0 Å². The Hall–Kier alpha value is -2.11. The Morgan fingerprint density at radius 2 is 1.43 bits per heavy atom. The van der Waals surface area contributed by atoms with Crippen LogP contribution in [0.1, 0.15) is 17.5 Å². The van der Waals surface area contributed by atoms with Crippen LogP contribution in [0.25, 0.3) is 0 Å². The van der Waals surface area contributed by atoms with Gasteiger partial charge in [-0.25, -0.2) is 0 Å². The third-order valence-corrected chi connectivity index (χ3v) is 4.08. The quantitative estimate of drug-likeness (QED) is 0.801. The second-order valence-electron chi connectivity index (χ2n) is 5.87. The molecule has 1 fully saturated rings. The van der Waals surface area contributed by atoms with Crippen molar-refractivity contribution in [3.05, 3.63) is 71.8 Å². The van der Waals surface area contributed by atoms with Crippen molar-refractivity contribution in [1.82, 2.24) is 4.90 Å². The van der Waals surface area contributed by atoms with Crippen LogP contribution in [0, 0.1) is 23.2 Å². The van der Waals surface area contributed by atoms with Crippen LogP contribution in [-0.2, 0) is 13.1 Å². The first-order valence-corrected chi connectivity index (χ1v) is 7.55. The highest BCUT2D eigenvalue weighted by molar-refractivity contribution is 5.17. The minimum atomic E-state index is 0.277. The van der Waals surface area contributed by atoms with E-state index in [4.69, 9.17) is 5.26 Å². The summed E-state index contributed by atoms with van der Waals surface area (Å²) in [6, 6.07) is 23.5. The van der Waals surface area contributed by atoms with Crippen LogP contribution < -0.4 is 0 Å². The SMILES string of the molecule is N#C[C@@H]1C[C@H]1CN(Cc1ccccc1)Cc1ccccc1. The molecule has 106 valence electrons. The number of rotatable bonds is 6. The second kappa shape index (κ2) is 6.56. The zero-order valence-corrected chi connectivity index (χ0v) is 12.2. The molecule has 0 aliphatic heterocycles. The molecule has 2 heteroatoms. The van der Waals surface area contributed by atoms with Crippen molar-refractivity contribution in [3.63, 3.8) is 0 Å². The van der Waals surface area contributed by atoms with Gasteiger partial charge in [0, 0.05) is 19.6 Å². The molecule has 0 bridgehead atoms. The maximum Gasteiger partial charge on any atom is 0.0659 e. The number of nitrogens with zero attached hydrogens (tertiary/aromatic N) is 2. The fourth-order valence-electron chi connectivity index (χ4n) is 2.81. The van der Waals surface area contributed by atoms with Gasteiger partial charge < -0.3 is 0 Å². The van der Waals surface area contributed by atoms with Crippen LogP contribution >= 0.6 is 0 Å². The van der Waals surface area contributed by atoms with Crippen LogP contribution in [0.15, 0.2) is 60.7 Å². The van der Waals surface area contributed by atoms with Crippen molar-refractivity contribution in [2.75, 3.05) is 6.54 Å². The Morgan fingerprint density at radius 3 is 1.86 bits per heavy atom. The van der Waals surface area contributed by atoms with E-state index < -0.39 is 0 Å². The molecule has 0 N–H and O–H groups in total. The summed E-state index contributed by atoms with van der Waals surface area (Å²) < 4.78 is 0. The third-order valence-electron chi connectivity index (χ3n) is 4.08. The average molecular weight is 276 g/mol. The van der Waals surface area contributed by atoms with Gasteiger partial charge in [-0.15, -0.1) is 0 Å². The molecule has 0 radical (unpaired) electrons. The Labute approximate surface area is 126 Å². The smallest absolute Gasteiger partial charge is 0.0659 e. The molecule has 0 heterocycles. The predicted molar refractivity (Wildman–Crippen MR) is 84.2 cm³/mol. The average Bonchev–Trinajstić information content (AvgIpc) is 3.27. The lowest BCUT2D eigenvalue weighted by Gasteiger charge is -2.22. The summed E-state index contributed by atoms with van der Waals surface area (Å²) in [7, 11) is 0. The van der Waals surface area contributed by atoms with Crippen molar-refractivity contribution in [2.24, 2.45) is 11.8 Å². The van der Waals surface area contributed by atoms with Crippen LogP contribution in [0.2, 0.25) is 0 Å². The largest absolute Gasteiger partial charge is 0.295 e. The van der Waals surface area contributed by atoms with E-state index >= 15 is 0 Å². The molecule has 2 aromatic rings. The first-order valence-electron chi connectivity index (χ1n) is 7.55. The Morgan fingerprint density at radius 1 is 0.905 bits per heavy atom. The van der Waals surface area contributed by atoms with E-state index in [0.717, 1.165) is 26.1 Å². The molecule has 1 saturated carbocycles. The van der Waals surface area contributed by atoms with E-state index in [9.17, 15) is 0 Å². The van der Waals surface area contributed by atoms with Crippen molar-refractivity contribution in [3.8, 4) is 6.07 Å². The normalized spacial score (nSPS) is 20.2. The molecule has 2 atom stereocenters. The lowest BCUT2D eigenvalue weighted by atomic mass is 10.1. The fourth-order valence-corrected chi connectivity index (χ4v) is 2.81. The Balaban J connectivity index is 1.67. The van der Waals surface area contributed by atoms with E-state index in [1.165, 1.54) is 11.1 Å². The van der Waals surface area contributed by atoms with E-state index in [0.29, 0.717) is 5.92 Å². The van der Waals surface area contributed by atoms with Crippen LogP contribution in [0.5, 0.6) is 0 Å². The zero-order chi connectivity index (χ0) is 14.5. The van der Waals surface area contributed by atoms with Gasteiger partial charge in [0.05, 0.1) is 12.0 Å². The van der Waals surface area contributed by atoms with Crippen molar-refractivity contribution >= 4 is 0 Å². The first kappa shape index (κ1) is 13.9. The van der Waals surface area contributed by atoms with Gasteiger partial charge in [-0.05, 0) is 23.5 Å². The molecule has 3 rings (SSSR count). The van der Waals surface area contributed by atoms with E-state index in [-0.39, 0.29) is 5.92 Å². The van der Waals surface area contributed by atoms with Gasteiger partial charge in [-0.3, -0.25) is 4.90 Å². The summed E-state index contributed by atoms with van der Waals surface area (Å²) in [6.45, 7) is 2.91. The number of hydrogen-bond donors (Lipinski definition) is 0. The minimum absolute atomic E-state index is 0.277. The number of hydrogen-bond acceptors (Lipinski definition) is 2. The molecule has 2 aromatic carbocycles. The summed E-state index contributed by atoms with van der Waals surface area (Å²) in [4.78, 5) is 2.46. The van der Waals surface area contributed by atoms with Gasteiger partial charge in [0.25, 0.3) is 0 Å². The molecule has 1 aliphatic rings. The van der Waals surface area contributed by atoms with Crippen LogP contribution in [-0.4, -0.2) is 11.4 Å². The van der Waals surface area contributed by atoms with Gasteiger partial charge in [0.15, 0.2) is 0 Å². The fraction of sp³-hybridized carbons (Fsp3) is 0.316. The molecule has 0 unspecified atom stereocenters. The molecular weight excluding hydrogens is 256 g/mol. The van der Waals surface area contributed by atoms with Gasteiger partial charge in [0.2, 0.25) is 0 Å². The second-order valence-corrected chi connectivity index (χ2v) is 5.87. The van der Waals surface area contributed by atoms with Gasteiger partial charge in [-0.1, -0.05) is 60.7 Å². The highest BCUT2D eigenvalue weighted by Gasteiger charge is 2.38. The summed E-state index contributed by atoms with van der Waals surface area (Å²) in [5.74, 6) is 0.835. The Kier molecular flexibility index (Phi) is 4.33. The standard InChI is InChI=1S/C19H20N2/c20-12-18-11-19(18)15-21(13-16-7-3-1-4-8-16)14-17-9-5-2-6-10-17/h1-10,18-19H,11,13-15H2/t18-,19-/m0/s1. The molecule has 21 heavy (non-hydrogen) atoms. The highest BCUT2D eigenvalue weighted by Crippen LogP contribution is 2.38. The molecular formula is C19H20N2. The lowest BCUT2D eigenvalue weighted by molar-refractivity contribution is 0.243. The van der Waals surface area contributed by atoms with Crippen molar-refractivity contribution < 1.29 is 0 Å². The first-order chi connectivity index (χ1) is 10.3. The summed E-state index contributed by atoms with van der Waals surface area (Å²) in [5.41, 5.74) is 2.67. The van der Waals surface area contributed by atoms with E-state index in [2.05, 4.69) is 71.6 Å². The van der Waals surface area contributed by atoms with Gasteiger partial charge in [-0.2, -0.15) is 5.26 Å². The van der Waals surface area contributed by atoms with Gasteiger partial charge >= 0.3 is 0 Å². The predicted octanol–water partition coefficient (Wildman–Crippen LogP) is 3.85. The minimum Gasteiger partial charge on any atom is -0.295 e. The highest BCUT2D eigenvalue weighted by atomic mass is 15.1. The molecule has 2 nitrogen and oxygen atoms in total. The molecule has 0 saturated heterocycles. The lowest BCUT2D eigenvalue weighted by Crippen LogP contribution is -2.25. The molecule has 0 aromatic heterocycles. The summed E-state index contributed by atoms with van der Waals surface area (Å²) in [5, 5.41) is 9.00. The van der Waals surface area contributed by atoms with Gasteiger partial charge in [0.1, 0.15) is 0 Å². The van der Waals surface area contributed by atoms with Crippen molar-refractivity contribution in [2.45, 2.75) is 19.5 Å². The van der Waals surface area contributed by atoms with E-state index in [1.807, 2.05) is 0 Å². The number of nitriles is 1. The summed E-state index contributed by atoms with van der Waals surface area (Å²) in [6.07, 6.45) is 1.07. The Bertz CT molecular complexity index is 559. The molecule has 0 spiro atoms. The number of benzene rings is 2. The zero-order valence-electron chi connectivity index (χ0n) is 12.2. The topological polar surface area (TPSA) is 27.0 Å². The molecule has 1 aliphatic carbocycles. The maximum absolute atomic E-state index is 9.00. The monoisotopic (exact) mass is 276 g/mol. The van der Waals surface area contributed by atoms with Crippen LogP contribution in [0.3, 0.4) is 0 Å².